The van der Waals surface area contributed by atoms with Crippen molar-refractivity contribution < 1.29 is 40.7 Å². The number of urea groups is 1. The molecular weight excluding hydrogens is 404 g/mol. The fourth-order valence-corrected chi connectivity index (χ4v) is 3.55. The number of nitrogens with one attached hydrogen (secondary N) is 1. The Bertz CT molecular complexity index is 837. The molecule has 0 aromatic heterocycles. The molecule has 2 aliphatic heterocycles. The minimum Gasteiger partial charge on any atom is -0.462 e. The van der Waals surface area contributed by atoms with Gasteiger partial charge >= 0.3 is 30.0 Å². The maximum Gasteiger partial charge on any atom is 0.441 e. The zero-order valence-corrected chi connectivity index (χ0v) is 14.1. The van der Waals surface area contributed by atoms with E-state index in [1.165, 1.54) is 18.2 Å². The first-order valence-corrected chi connectivity index (χ1v) is 8.07. The molecular formula is C14H9F6N3O3S. The Morgan fingerprint density at radius 1 is 1.26 bits per heavy atom. The van der Waals surface area contributed by atoms with Gasteiger partial charge in [-0.05, 0) is 36.9 Å². The SMILES string of the molecule is CCOC(=O)c1ccc2c(c1)SC1=NC(C(F)(F)F)(C(F)(F)F)NC(=O)N12. The molecule has 0 unspecified atom stereocenters. The van der Waals surface area contributed by atoms with Crippen LogP contribution in [0.1, 0.15) is 17.3 Å². The maximum absolute atomic E-state index is 13.2. The van der Waals surface area contributed by atoms with Crippen molar-refractivity contribution in [1.29, 1.82) is 0 Å². The van der Waals surface area contributed by atoms with Gasteiger partial charge in [-0.25, -0.2) is 19.5 Å². The maximum atomic E-state index is 13.2. The first-order chi connectivity index (χ1) is 12.4. The monoisotopic (exact) mass is 413 g/mol. The lowest BCUT2D eigenvalue weighted by molar-refractivity contribution is -0.301. The molecule has 6 nitrogen and oxygen atoms in total. The van der Waals surface area contributed by atoms with Gasteiger partial charge < -0.3 is 4.74 Å². The van der Waals surface area contributed by atoms with E-state index in [1.54, 1.807) is 6.92 Å². The van der Waals surface area contributed by atoms with Crippen LogP contribution in [0.25, 0.3) is 0 Å². The number of anilines is 1. The average molecular weight is 413 g/mol. The highest BCUT2D eigenvalue weighted by atomic mass is 32.2. The number of ether oxygens (including phenoxy) is 1. The lowest BCUT2D eigenvalue weighted by Gasteiger charge is -2.39. The predicted molar refractivity (Wildman–Crippen MR) is 81.5 cm³/mol. The van der Waals surface area contributed by atoms with Crippen molar-refractivity contribution in [2.45, 2.75) is 29.8 Å². The topological polar surface area (TPSA) is 71.0 Å². The van der Waals surface area contributed by atoms with Crippen LogP contribution in [-0.2, 0) is 4.74 Å². The molecule has 1 aromatic carbocycles. The second kappa shape index (κ2) is 6.04. The van der Waals surface area contributed by atoms with Gasteiger partial charge in [0, 0.05) is 4.90 Å². The van der Waals surface area contributed by atoms with Crippen molar-refractivity contribution in [2.75, 3.05) is 11.5 Å². The van der Waals surface area contributed by atoms with Crippen molar-refractivity contribution in [2.24, 2.45) is 4.99 Å². The van der Waals surface area contributed by atoms with Crippen LogP contribution in [0.4, 0.5) is 36.8 Å². The molecule has 2 amide bonds. The van der Waals surface area contributed by atoms with Gasteiger partial charge in [-0.3, -0.25) is 5.32 Å². The highest BCUT2D eigenvalue weighted by Gasteiger charge is 2.75. The Morgan fingerprint density at radius 2 is 1.89 bits per heavy atom. The number of esters is 1. The average Bonchev–Trinajstić information content (AvgIpc) is 2.90. The van der Waals surface area contributed by atoms with Crippen LogP contribution < -0.4 is 10.2 Å². The number of hydrogen-bond acceptors (Lipinski definition) is 5. The van der Waals surface area contributed by atoms with Crippen LogP contribution in [0.3, 0.4) is 0 Å². The van der Waals surface area contributed by atoms with E-state index in [2.05, 4.69) is 4.99 Å². The van der Waals surface area contributed by atoms with E-state index in [0.29, 0.717) is 16.7 Å². The van der Waals surface area contributed by atoms with Crippen molar-refractivity contribution in [3.8, 4) is 0 Å². The van der Waals surface area contributed by atoms with Crippen molar-refractivity contribution >= 4 is 34.6 Å². The molecule has 0 bridgehead atoms. The molecule has 0 fully saturated rings. The van der Waals surface area contributed by atoms with E-state index in [1.807, 2.05) is 0 Å². The third kappa shape index (κ3) is 2.89. The van der Waals surface area contributed by atoms with E-state index in [0.717, 1.165) is 5.32 Å². The lowest BCUT2D eigenvalue weighted by Crippen LogP contribution is -2.71. The molecule has 2 aliphatic rings. The standard InChI is InChI=1S/C14H9F6N3O3S/c1-2-26-9(24)6-3-4-7-8(5-6)27-11-22-12(13(15,16)17,14(18,19)20)21-10(25)23(7)11/h3-5H,2H2,1H3,(H,21,25). The summed E-state index contributed by atoms with van der Waals surface area (Å²) in [6, 6.07) is 2.02. The van der Waals surface area contributed by atoms with Gasteiger partial charge in [0.25, 0.3) is 0 Å². The molecule has 0 saturated carbocycles. The largest absolute Gasteiger partial charge is 0.462 e. The molecule has 0 radical (unpaired) electrons. The molecule has 2 heterocycles. The van der Waals surface area contributed by atoms with Crippen LogP contribution in [0.2, 0.25) is 0 Å². The minimum absolute atomic E-state index is 0.00208. The van der Waals surface area contributed by atoms with Gasteiger partial charge in [0.15, 0.2) is 5.17 Å². The quantitative estimate of drug-likeness (QED) is 0.593. The van der Waals surface area contributed by atoms with E-state index in [4.69, 9.17) is 4.74 Å². The zero-order valence-electron chi connectivity index (χ0n) is 13.2. The summed E-state index contributed by atoms with van der Waals surface area (Å²) in [5, 5.41) is 0.123. The fourth-order valence-electron chi connectivity index (χ4n) is 2.45. The van der Waals surface area contributed by atoms with Crippen molar-refractivity contribution in [3.05, 3.63) is 23.8 Å². The number of aliphatic imine (C=N–C) groups is 1. The number of halogens is 6. The third-order valence-corrected chi connectivity index (χ3v) is 4.68. The highest BCUT2D eigenvalue weighted by molar-refractivity contribution is 8.15. The summed E-state index contributed by atoms with van der Waals surface area (Å²) >= 11 is 0.415. The summed E-state index contributed by atoms with van der Waals surface area (Å²) in [4.78, 5) is 27.3. The second-order valence-corrected chi connectivity index (χ2v) is 6.38. The van der Waals surface area contributed by atoms with Crippen LogP contribution in [0.15, 0.2) is 28.1 Å². The van der Waals surface area contributed by atoms with Gasteiger partial charge in [0.05, 0.1) is 17.9 Å². The van der Waals surface area contributed by atoms with Gasteiger partial charge in [0.1, 0.15) is 0 Å². The Labute approximate surface area is 151 Å². The number of hydrogen-bond donors (Lipinski definition) is 1. The fraction of sp³-hybridized carbons (Fsp3) is 0.357. The summed E-state index contributed by atoms with van der Waals surface area (Å²) < 4.78 is 83.8. The number of fused-ring (bicyclic) bond motifs is 3. The van der Waals surface area contributed by atoms with Gasteiger partial charge in [-0.1, -0.05) is 0 Å². The minimum atomic E-state index is -5.91. The number of amidine groups is 1. The number of thioether (sulfide) groups is 1. The first kappa shape index (κ1) is 19.3. The molecule has 146 valence electrons. The summed E-state index contributed by atoms with van der Waals surface area (Å²) in [7, 11) is 0. The molecule has 27 heavy (non-hydrogen) atoms. The molecule has 1 N–H and O–H groups in total. The Morgan fingerprint density at radius 3 is 2.44 bits per heavy atom. The van der Waals surface area contributed by atoms with Gasteiger partial charge in [-0.2, -0.15) is 26.3 Å². The predicted octanol–water partition coefficient (Wildman–Crippen LogP) is 3.68. The number of rotatable bonds is 2. The number of amides is 2. The molecule has 13 heteroatoms. The van der Waals surface area contributed by atoms with Crippen LogP contribution in [-0.4, -0.2) is 41.8 Å². The normalized spacial score (nSPS) is 18.4. The van der Waals surface area contributed by atoms with Crippen LogP contribution in [0, 0.1) is 0 Å². The number of benzene rings is 1. The van der Waals surface area contributed by atoms with Crippen LogP contribution in [0.5, 0.6) is 0 Å². The number of alkyl halides is 6. The Balaban J connectivity index is 2.08. The van der Waals surface area contributed by atoms with E-state index >= 15 is 0 Å². The highest BCUT2D eigenvalue weighted by Crippen LogP contribution is 2.50. The second-order valence-electron chi connectivity index (χ2n) is 5.37. The van der Waals surface area contributed by atoms with Gasteiger partial charge in [-0.15, -0.1) is 0 Å². The lowest BCUT2D eigenvalue weighted by atomic mass is 10.1. The van der Waals surface area contributed by atoms with E-state index < -0.39 is 35.2 Å². The molecule has 0 saturated heterocycles. The molecule has 0 spiro atoms. The van der Waals surface area contributed by atoms with E-state index in [-0.39, 0.29) is 22.8 Å². The summed E-state index contributed by atoms with van der Waals surface area (Å²) in [5.74, 6) is -0.725. The van der Waals surface area contributed by atoms with Crippen molar-refractivity contribution in [1.82, 2.24) is 5.32 Å². The summed E-state index contributed by atoms with van der Waals surface area (Å²) in [5.41, 5.74) is -4.72. The smallest absolute Gasteiger partial charge is 0.441 e. The van der Waals surface area contributed by atoms with E-state index in [9.17, 15) is 35.9 Å². The summed E-state index contributed by atoms with van der Waals surface area (Å²) in [6.45, 7) is 1.64. The summed E-state index contributed by atoms with van der Waals surface area (Å²) in [6.07, 6.45) is -11.8. The first-order valence-electron chi connectivity index (χ1n) is 7.26. The molecule has 0 aliphatic carbocycles. The van der Waals surface area contributed by atoms with Crippen LogP contribution >= 0.6 is 11.8 Å². The molecule has 0 atom stereocenters. The van der Waals surface area contributed by atoms with Gasteiger partial charge in [0.2, 0.25) is 0 Å². The zero-order chi connectivity index (χ0) is 20.2. The Hall–Kier alpha value is -2.44. The molecule has 3 rings (SSSR count). The van der Waals surface area contributed by atoms with Crippen molar-refractivity contribution in [3.63, 3.8) is 0 Å². The number of carbonyl (C=O) groups excluding carboxylic acids is 2. The number of nitrogens with zero attached hydrogens (tertiary/aromatic N) is 2. The number of carbonyl (C=O) groups is 2. The third-order valence-electron chi connectivity index (χ3n) is 3.68. The molecule has 1 aromatic rings. The Kier molecular flexibility index (Phi) is 4.32.